The molecule has 0 aliphatic rings. The van der Waals surface area contributed by atoms with E-state index in [4.69, 9.17) is 23.2 Å². The normalized spacial score (nSPS) is 10.5. The molecule has 0 unspecified atom stereocenters. The summed E-state index contributed by atoms with van der Waals surface area (Å²) in [5.74, 6) is -3.07. The second-order valence-electron chi connectivity index (χ2n) is 13.0. The number of amides is 3. The first-order chi connectivity index (χ1) is 29.4. The highest BCUT2D eigenvalue weighted by Crippen LogP contribution is 2.31. The van der Waals surface area contributed by atoms with Gasteiger partial charge in [-0.25, -0.2) is 4.39 Å². The summed E-state index contributed by atoms with van der Waals surface area (Å²) in [6.07, 6.45) is 0. The third kappa shape index (κ3) is 12.9. The van der Waals surface area contributed by atoms with Gasteiger partial charge in [-0.15, -0.1) is 0 Å². The van der Waals surface area contributed by atoms with Crippen molar-refractivity contribution in [3.05, 3.63) is 131 Å². The topological polar surface area (TPSA) is 192 Å². The Morgan fingerprint density at radius 2 is 0.762 bits per heavy atom. The average molecular weight is 1290 g/mol. The lowest BCUT2D eigenvalue weighted by Crippen LogP contribution is -2.16. The van der Waals surface area contributed by atoms with E-state index in [1.165, 1.54) is 32.9 Å². The molecule has 0 saturated heterocycles. The minimum atomic E-state index is -0.620. The molecule has 0 bridgehead atoms. The number of benzene rings is 3. The number of carbonyl (C=O) groups excluding carboxylic acids is 6. The summed E-state index contributed by atoms with van der Waals surface area (Å²) >= 11 is 31.4. The van der Waals surface area contributed by atoms with Crippen molar-refractivity contribution in [1.82, 2.24) is 29.3 Å². The highest BCUT2D eigenvalue weighted by Gasteiger charge is 2.25. The van der Waals surface area contributed by atoms with Crippen LogP contribution in [0.2, 0.25) is 10.0 Å². The zero-order chi connectivity index (χ0) is 47.2. The van der Waals surface area contributed by atoms with E-state index in [0.29, 0.717) is 48.6 Å². The molecule has 330 valence electrons. The molecule has 0 spiro atoms. The van der Waals surface area contributed by atoms with Gasteiger partial charge in [-0.2, -0.15) is 29.3 Å². The Hall–Kier alpha value is -3.90. The summed E-state index contributed by atoms with van der Waals surface area (Å²) in [6.45, 7) is 9.56. The van der Waals surface area contributed by atoms with Crippen LogP contribution < -0.4 is 16.0 Å². The molecule has 15 nitrogen and oxygen atoms in total. The van der Waals surface area contributed by atoms with Crippen LogP contribution in [0.1, 0.15) is 83.3 Å². The number of hydrogen-bond acceptors (Lipinski definition) is 9. The molecule has 3 heterocycles. The Bertz CT molecular complexity index is 2530. The minimum absolute atomic E-state index is 0.0166. The number of nitrogens with one attached hydrogen (secondary N) is 3. The van der Waals surface area contributed by atoms with Crippen molar-refractivity contribution in [1.29, 1.82) is 0 Å². The Morgan fingerprint density at radius 1 is 0.492 bits per heavy atom. The van der Waals surface area contributed by atoms with E-state index < -0.39 is 23.5 Å². The summed E-state index contributed by atoms with van der Waals surface area (Å²) in [5.41, 5.74) is 3.90. The predicted octanol–water partition coefficient (Wildman–Crippen LogP) is 12.3. The quantitative estimate of drug-likeness (QED) is 0.146. The standard InChI is InChI=1S/2C13H10Br2ClN3O2.C13H10Br2FN3O2/c3*1-6-3-4-9(8(16)5-6)17-13(21)11-10(14)12(15)19(18-11)7(2)20/h3*3-5H,1-2H3,(H,17,21). The number of anilines is 3. The Morgan fingerprint density at radius 3 is 1.02 bits per heavy atom. The number of halogens is 9. The van der Waals surface area contributed by atoms with Crippen LogP contribution in [-0.4, -0.2) is 64.8 Å². The summed E-state index contributed by atoms with van der Waals surface area (Å²) < 4.78 is 19.2. The maximum absolute atomic E-state index is 13.7. The largest absolute Gasteiger partial charge is 0.319 e. The number of aryl methyl sites for hydroxylation is 3. The van der Waals surface area contributed by atoms with Gasteiger partial charge in [-0.3, -0.25) is 28.8 Å². The van der Waals surface area contributed by atoms with Crippen LogP contribution in [-0.2, 0) is 0 Å². The molecule has 0 saturated carbocycles. The highest BCUT2D eigenvalue weighted by atomic mass is 79.9. The smallest absolute Gasteiger partial charge is 0.277 e. The first-order valence-electron chi connectivity index (χ1n) is 17.5. The number of rotatable bonds is 6. The van der Waals surface area contributed by atoms with Crippen molar-refractivity contribution in [2.45, 2.75) is 41.5 Å². The minimum Gasteiger partial charge on any atom is -0.319 e. The molecule has 3 N–H and O–H groups in total. The summed E-state index contributed by atoms with van der Waals surface area (Å²) in [6, 6.07) is 15.0. The summed E-state index contributed by atoms with van der Waals surface area (Å²) in [5, 5.41) is 20.5. The molecule has 0 radical (unpaired) electrons. The van der Waals surface area contributed by atoms with Gasteiger partial charge in [0.15, 0.2) is 17.1 Å². The molecule has 3 aromatic carbocycles. The van der Waals surface area contributed by atoms with Gasteiger partial charge in [0.05, 0.1) is 40.5 Å². The van der Waals surface area contributed by atoms with Gasteiger partial charge in [0, 0.05) is 20.8 Å². The maximum Gasteiger partial charge on any atom is 0.277 e. The zero-order valence-electron chi connectivity index (χ0n) is 33.2. The molecule has 0 atom stereocenters. The van der Waals surface area contributed by atoms with Gasteiger partial charge in [-0.05, 0) is 169 Å². The molecule has 0 aliphatic heterocycles. The van der Waals surface area contributed by atoms with E-state index in [-0.39, 0.29) is 40.5 Å². The van der Waals surface area contributed by atoms with Crippen LogP contribution in [0.4, 0.5) is 21.5 Å². The molecular formula is C39H30Br6Cl2FN9O6. The molecule has 0 fully saturated rings. The van der Waals surface area contributed by atoms with Gasteiger partial charge < -0.3 is 16.0 Å². The third-order valence-corrected chi connectivity index (χ3v) is 14.7. The lowest BCUT2D eigenvalue weighted by Gasteiger charge is -2.06. The number of nitrogens with zero attached hydrogens (tertiary/aromatic N) is 6. The van der Waals surface area contributed by atoms with Crippen molar-refractivity contribution in [2.75, 3.05) is 16.0 Å². The van der Waals surface area contributed by atoms with Crippen LogP contribution in [0.5, 0.6) is 0 Å². The predicted molar refractivity (Wildman–Crippen MR) is 259 cm³/mol. The molecule has 3 aromatic heterocycles. The Labute approximate surface area is 419 Å². The van der Waals surface area contributed by atoms with E-state index >= 15 is 0 Å². The summed E-state index contributed by atoms with van der Waals surface area (Å²) in [7, 11) is 0. The monoisotopic (exact) mass is 1280 g/mol. The van der Waals surface area contributed by atoms with Gasteiger partial charge in [-0.1, -0.05) is 41.4 Å². The average Bonchev–Trinajstić information content (AvgIpc) is 3.80. The Balaban J connectivity index is 0.000000207. The fraction of sp³-hybridized carbons (Fsp3) is 0.154. The van der Waals surface area contributed by atoms with E-state index in [2.05, 4.69) is 127 Å². The molecular weight excluding hydrogens is 1260 g/mol. The molecule has 6 aromatic rings. The van der Waals surface area contributed by atoms with Gasteiger partial charge in [0.1, 0.15) is 19.6 Å². The number of carbonyl (C=O) groups is 6. The second kappa shape index (κ2) is 22.3. The van der Waals surface area contributed by atoms with Crippen LogP contribution in [0, 0.1) is 26.6 Å². The van der Waals surface area contributed by atoms with Crippen molar-refractivity contribution < 1.29 is 33.2 Å². The van der Waals surface area contributed by atoms with Crippen molar-refractivity contribution in [3.8, 4) is 0 Å². The van der Waals surface area contributed by atoms with E-state index in [9.17, 15) is 33.2 Å². The Kier molecular flexibility index (Phi) is 18.3. The zero-order valence-corrected chi connectivity index (χ0v) is 44.3. The van der Waals surface area contributed by atoms with Crippen LogP contribution in [0.15, 0.2) is 81.8 Å². The lowest BCUT2D eigenvalue weighted by atomic mass is 10.2. The molecule has 6 rings (SSSR count). The number of aromatic nitrogens is 6. The first kappa shape index (κ1) is 51.7. The number of hydrogen-bond donors (Lipinski definition) is 3. The van der Waals surface area contributed by atoms with Crippen LogP contribution in [0.3, 0.4) is 0 Å². The first-order valence-corrected chi connectivity index (χ1v) is 23.0. The fourth-order valence-corrected chi connectivity index (χ4v) is 8.30. The van der Waals surface area contributed by atoms with Gasteiger partial charge in [0.2, 0.25) is 17.7 Å². The third-order valence-electron chi connectivity index (χ3n) is 7.98. The second-order valence-corrected chi connectivity index (χ2v) is 18.4. The van der Waals surface area contributed by atoms with Crippen molar-refractivity contribution in [2.24, 2.45) is 0 Å². The van der Waals surface area contributed by atoms with Crippen molar-refractivity contribution >= 4 is 171 Å². The summed E-state index contributed by atoms with van der Waals surface area (Å²) in [4.78, 5) is 70.8. The lowest BCUT2D eigenvalue weighted by molar-refractivity contribution is 0.0907. The highest BCUT2D eigenvalue weighted by molar-refractivity contribution is 9.13. The molecule has 63 heavy (non-hydrogen) atoms. The van der Waals surface area contributed by atoms with Crippen LogP contribution in [0.25, 0.3) is 0 Å². The fourth-order valence-electron chi connectivity index (χ4n) is 4.91. The maximum atomic E-state index is 13.7. The van der Waals surface area contributed by atoms with Crippen LogP contribution >= 0.6 is 119 Å². The van der Waals surface area contributed by atoms with E-state index in [1.54, 1.807) is 37.3 Å². The van der Waals surface area contributed by atoms with E-state index in [0.717, 1.165) is 30.7 Å². The van der Waals surface area contributed by atoms with E-state index in [1.807, 2.05) is 26.0 Å². The molecule has 3 amide bonds. The SMILES string of the molecule is CC(=O)n1nc(C(=O)Nc2ccc(C)cc2Cl)c(Br)c1Br.CC(=O)n1nc(C(=O)Nc2ccc(C)cc2Cl)c(Br)c1Br.CC(=O)n1nc(C(=O)Nc2ccc(C)cc2F)c(Br)c1Br. The van der Waals surface area contributed by atoms with Gasteiger partial charge >= 0.3 is 0 Å². The van der Waals surface area contributed by atoms with Gasteiger partial charge in [0.25, 0.3) is 17.7 Å². The molecule has 24 heteroatoms. The van der Waals surface area contributed by atoms with Crippen molar-refractivity contribution in [3.63, 3.8) is 0 Å². The molecule has 0 aliphatic carbocycles.